The number of rotatable bonds is 5. The Labute approximate surface area is 112 Å². The minimum absolute atomic E-state index is 0.0882. The number of aromatic nitrogens is 2. The Morgan fingerprint density at radius 1 is 1.32 bits per heavy atom. The summed E-state index contributed by atoms with van der Waals surface area (Å²) >= 11 is 0. The fraction of sp³-hybridized carbons (Fsp3) is 0.286. The molecule has 0 aliphatic carbocycles. The maximum Gasteiger partial charge on any atom is 0.226 e. The van der Waals surface area contributed by atoms with Crippen molar-refractivity contribution in [1.29, 1.82) is 0 Å². The molecule has 2 rings (SSSR count). The van der Waals surface area contributed by atoms with Crippen LogP contribution in [0.25, 0.3) is 0 Å². The topological polar surface area (TPSA) is 67.3 Å². The fourth-order valence-electron chi connectivity index (χ4n) is 1.68. The molecule has 0 unspecified atom stereocenters. The molecule has 1 aromatic heterocycles. The second-order valence-corrected chi connectivity index (χ2v) is 4.12. The van der Waals surface area contributed by atoms with E-state index in [2.05, 4.69) is 15.3 Å². The van der Waals surface area contributed by atoms with E-state index in [1.165, 1.54) is 0 Å². The molecule has 100 valence electrons. The number of hydrogen-bond donors (Lipinski definition) is 2. The molecule has 0 spiro atoms. The largest absolute Gasteiger partial charge is 0.438 e. The summed E-state index contributed by atoms with van der Waals surface area (Å²) in [7, 11) is 1.76. The third-order valence-electron chi connectivity index (χ3n) is 2.71. The molecule has 0 amide bonds. The highest BCUT2D eigenvalue weighted by atomic mass is 16.5. The van der Waals surface area contributed by atoms with Gasteiger partial charge in [-0.25, -0.2) is 4.98 Å². The number of aryl methyl sites for hydroxylation is 1. The lowest BCUT2D eigenvalue weighted by molar-refractivity contribution is 0.297. The molecule has 0 radical (unpaired) electrons. The van der Waals surface area contributed by atoms with E-state index in [0.717, 1.165) is 11.1 Å². The summed E-state index contributed by atoms with van der Waals surface area (Å²) in [5.74, 6) is 1.74. The van der Waals surface area contributed by atoms with E-state index in [4.69, 9.17) is 9.84 Å². The molecule has 0 aliphatic heterocycles. The van der Waals surface area contributed by atoms with Gasteiger partial charge < -0.3 is 15.2 Å². The van der Waals surface area contributed by atoms with Gasteiger partial charge in [-0.2, -0.15) is 4.98 Å². The Kier molecular flexibility index (Phi) is 4.30. The van der Waals surface area contributed by atoms with Gasteiger partial charge in [0.25, 0.3) is 0 Å². The lowest BCUT2D eigenvalue weighted by Crippen LogP contribution is -2.01. The molecule has 0 atom stereocenters. The number of hydrogen-bond acceptors (Lipinski definition) is 5. The molecule has 0 aliphatic rings. The average molecular weight is 259 g/mol. The summed E-state index contributed by atoms with van der Waals surface area (Å²) in [4.78, 5) is 8.40. The number of anilines is 1. The molecule has 0 saturated carbocycles. The summed E-state index contributed by atoms with van der Waals surface area (Å²) in [6.45, 7) is 1.98. The standard InChI is InChI=1S/C14H17N3O2/c1-10-9-16-14(15-2)17-13(10)19-12-6-4-3-5-11(12)7-8-18/h3-6,9,18H,7-8H2,1-2H3,(H,15,16,17). The van der Waals surface area contributed by atoms with Gasteiger partial charge in [0.15, 0.2) is 0 Å². The fourth-order valence-corrected chi connectivity index (χ4v) is 1.68. The quantitative estimate of drug-likeness (QED) is 0.861. The molecule has 0 fully saturated rings. The van der Waals surface area contributed by atoms with E-state index in [9.17, 15) is 0 Å². The molecule has 1 aromatic carbocycles. The van der Waals surface area contributed by atoms with Gasteiger partial charge in [-0.1, -0.05) is 18.2 Å². The average Bonchev–Trinajstić information content (AvgIpc) is 2.43. The Hall–Kier alpha value is -2.14. The maximum atomic E-state index is 9.06. The number of nitrogens with zero attached hydrogens (tertiary/aromatic N) is 2. The second kappa shape index (κ2) is 6.15. The zero-order valence-electron chi connectivity index (χ0n) is 11.1. The van der Waals surface area contributed by atoms with Crippen LogP contribution >= 0.6 is 0 Å². The van der Waals surface area contributed by atoms with Gasteiger partial charge in [0.2, 0.25) is 11.8 Å². The van der Waals surface area contributed by atoms with Crippen molar-refractivity contribution < 1.29 is 9.84 Å². The predicted octanol–water partition coefficient (Wildman–Crippen LogP) is 2.15. The molecule has 2 N–H and O–H groups in total. The van der Waals surface area contributed by atoms with E-state index in [1.807, 2.05) is 31.2 Å². The smallest absolute Gasteiger partial charge is 0.226 e. The van der Waals surface area contributed by atoms with Crippen molar-refractivity contribution in [1.82, 2.24) is 9.97 Å². The van der Waals surface area contributed by atoms with Crippen LogP contribution in [0.15, 0.2) is 30.5 Å². The van der Waals surface area contributed by atoms with Gasteiger partial charge >= 0.3 is 0 Å². The normalized spacial score (nSPS) is 10.3. The van der Waals surface area contributed by atoms with Crippen LogP contribution in [0.1, 0.15) is 11.1 Å². The zero-order valence-corrected chi connectivity index (χ0v) is 11.1. The SMILES string of the molecule is CNc1ncc(C)c(Oc2ccccc2CCO)n1. The van der Waals surface area contributed by atoms with Crippen LogP contribution in [0.2, 0.25) is 0 Å². The van der Waals surface area contributed by atoms with Crippen molar-refractivity contribution in [2.45, 2.75) is 13.3 Å². The summed E-state index contributed by atoms with van der Waals surface area (Å²) < 4.78 is 5.83. The first kappa shape index (κ1) is 13.3. The van der Waals surface area contributed by atoms with E-state index in [1.54, 1.807) is 13.2 Å². The van der Waals surface area contributed by atoms with Crippen LogP contribution in [0.5, 0.6) is 11.6 Å². The van der Waals surface area contributed by atoms with Crippen molar-refractivity contribution in [2.24, 2.45) is 0 Å². The van der Waals surface area contributed by atoms with Gasteiger partial charge in [-0.3, -0.25) is 0 Å². The summed E-state index contributed by atoms with van der Waals surface area (Å²) in [5, 5.41) is 11.9. The van der Waals surface area contributed by atoms with Crippen LogP contribution in [0.4, 0.5) is 5.95 Å². The predicted molar refractivity (Wildman–Crippen MR) is 73.6 cm³/mol. The molecule has 5 heteroatoms. The van der Waals surface area contributed by atoms with Crippen molar-refractivity contribution in [3.8, 4) is 11.6 Å². The lowest BCUT2D eigenvalue weighted by Gasteiger charge is -2.11. The summed E-state index contributed by atoms with van der Waals surface area (Å²) in [6.07, 6.45) is 2.27. The van der Waals surface area contributed by atoms with E-state index < -0.39 is 0 Å². The van der Waals surface area contributed by atoms with Crippen molar-refractivity contribution >= 4 is 5.95 Å². The molecule has 1 heterocycles. The van der Waals surface area contributed by atoms with Gasteiger partial charge in [0.1, 0.15) is 5.75 Å². The van der Waals surface area contributed by atoms with E-state index in [0.29, 0.717) is 24.0 Å². The highest BCUT2D eigenvalue weighted by Gasteiger charge is 2.08. The van der Waals surface area contributed by atoms with Crippen LogP contribution in [-0.2, 0) is 6.42 Å². The number of benzene rings is 1. The van der Waals surface area contributed by atoms with Crippen LogP contribution in [0, 0.1) is 6.92 Å². The number of ether oxygens (including phenoxy) is 1. The molecule has 0 bridgehead atoms. The molecule has 2 aromatic rings. The van der Waals surface area contributed by atoms with Gasteiger partial charge in [0, 0.05) is 25.4 Å². The second-order valence-electron chi connectivity index (χ2n) is 4.12. The van der Waals surface area contributed by atoms with Crippen LogP contribution in [-0.4, -0.2) is 28.7 Å². The number of para-hydroxylation sites is 1. The Bertz CT molecular complexity index is 558. The Morgan fingerprint density at radius 3 is 2.84 bits per heavy atom. The Balaban J connectivity index is 2.30. The van der Waals surface area contributed by atoms with Crippen LogP contribution < -0.4 is 10.1 Å². The highest BCUT2D eigenvalue weighted by Crippen LogP contribution is 2.26. The molecular weight excluding hydrogens is 242 g/mol. The highest BCUT2D eigenvalue weighted by molar-refractivity contribution is 5.39. The first-order valence-corrected chi connectivity index (χ1v) is 6.12. The molecule has 19 heavy (non-hydrogen) atoms. The van der Waals surface area contributed by atoms with Crippen molar-refractivity contribution in [2.75, 3.05) is 19.0 Å². The molecular formula is C14H17N3O2. The minimum atomic E-state index is 0.0882. The van der Waals surface area contributed by atoms with E-state index >= 15 is 0 Å². The molecule has 0 saturated heterocycles. The van der Waals surface area contributed by atoms with Crippen molar-refractivity contribution in [3.05, 3.63) is 41.6 Å². The minimum Gasteiger partial charge on any atom is -0.438 e. The third kappa shape index (κ3) is 3.20. The van der Waals surface area contributed by atoms with Crippen molar-refractivity contribution in [3.63, 3.8) is 0 Å². The number of aliphatic hydroxyl groups excluding tert-OH is 1. The van der Waals surface area contributed by atoms with E-state index in [-0.39, 0.29) is 6.61 Å². The van der Waals surface area contributed by atoms with Gasteiger partial charge in [-0.15, -0.1) is 0 Å². The zero-order chi connectivity index (χ0) is 13.7. The first-order valence-electron chi connectivity index (χ1n) is 6.12. The monoisotopic (exact) mass is 259 g/mol. The maximum absolute atomic E-state index is 9.06. The van der Waals surface area contributed by atoms with Crippen LogP contribution in [0.3, 0.4) is 0 Å². The Morgan fingerprint density at radius 2 is 2.11 bits per heavy atom. The number of nitrogens with one attached hydrogen (secondary N) is 1. The lowest BCUT2D eigenvalue weighted by atomic mass is 10.1. The summed E-state index contributed by atoms with van der Waals surface area (Å²) in [6, 6.07) is 7.61. The summed E-state index contributed by atoms with van der Waals surface area (Å²) in [5.41, 5.74) is 1.81. The van der Waals surface area contributed by atoms with Gasteiger partial charge in [-0.05, 0) is 25.0 Å². The number of aliphatic hydroxyl groups is 1. The molecule has 5 nitrogen and oxygen atoms in total. The third-order valence-corrected chi connectivity index (χ3v) is 2.71. The first-order chi connectivity index (χ1) is 9.24. The van der Waals surface area contributed by atoms with Gasteiger partial charge in [0.05, 0.1) is 0 Å².